The Hall–Kier alpha value is -4.17. The highest BCUT2D eigenvalue weighted by molar-refractivity contribution is 6.36. The molecular weight excluding hydrogens is 522 g/mol. The Morgan fingerprint density at radius 1 is 1.38 bits per heavy atom. The molecule has 0 spiro atoms. The van der Waals surface area contributed by atoms with Gasteiger partial charge in [0.25, 0.3) is 5.56 Å². The molecule has 4 heterocycles. The number of nitrogens with one attached hydrogen (secondary N) is 3. The van der Waals surface area contributed by atoms with Crippen molar-refractivity contribution in [3.63, 3.8) is 0 Å². The van der Waals surface area contributed by atoms with Crippen molar-refractivity contribution in [3.8, 4) is 5.75 Å². The van der Waals surface area contributed by atoms with Crippen LogP contribution in [0.5, 0.6) is 5.75 Å². The summed E-state index contributed by atoms with van der Waals surface area (Å²) in [4.78, 5) is 21.0. The fourth-order valence-corrected chi connectivity index (χ4v) is 3.71. The molecule has 37 heavy (non-hydrogen) atoms. The number of anilines is 2. The van der Waals surface area contributed by atoms with Crippen LogP contribution in [0.2, 0.25) is 5.02 Å². The number of pyridine rings is 2. The summed E-state index contributed by atoms with van der Waals surface area (Å²) in [5, 5.41) is 22.0. The number of hydrogen-bond acceptors (Lipinski definition) is 8. The average molecular weight is 540 g/mol. The van der Waals surface area contributed by atoms with Gasteiger partial charge < -0.3 is 35.0 Å². The standard InChI is InChI=1S/C22H18ClF4N7O3/c1-33-18-17(23)16(37-15(7-28)13-3-2-12(24)8-29-13)9-30-19(18)32-21(33)31-14-6-11(22(25,26)27)10-34(4-5-35)20(14)36/h2-3,6-10,28-29,35H,4-5H2,1H3,(H,30,31,32)/b15-13+,28-7?. The lowest BCUT2D eigenvalue weighted by Gasteiger charge is -2.14. The van der Waals surface area contributed by atoms with Gasteiger partial charge in [0, 0.05) is 26.0 Å². The molecule has 0 saturated heterocycles. The van der Waals surface area contributed by atoms with Gasteiger partial charge in [-0.05, 0) is 18.2 Å². The molecule has 0 unspecified atom stereocenters. The number of aromatic nitrogens is 4. The molecule has 15 heteroatoms. The van der Waals surface area contributed by atoms with Crippen LogP contribution in [0.4, 0.5) is 29.2 Å². The molecule has 1 aliphatic heterocycles. The van der Waals surface area contributed by atoms with Crippen molar-refractivity contribution in [2.24, 2.45) is 7.05 Å². The molecule has 0 atom stereocenters. The van der Waals surface area contributed by atoms with E-state index < -0.39 is 35.4 Å². The third kappa shape index (κ3) is 5.20. The number of nitrogens with zero attached hydrogens (tertiary/aromatic N) is 4. The maximum Gasteiger partial charge on any atom is 0.417 e. The first-order valence-corrected chi connectivity index (χ1v) is 10.8. The van der Waals surface area contributed by atoms with E-state index in [2.05, 4.69) is 20.6 Å². The number of ether oxygens (including phenoxy) is 1. The second kappa shape index (κ2) is 10.1. The Kier molecular flexibility index (Phi) is 7.05. The number of dihydropyridines is 1. The van der Waals surface area contributed by atoms with Crippen molar-refractivity contribution in [1.29, 1.82) is 5.41 Å². The summed E-state index contributed by atoms with van der Waals surface area (Å²) in [5.41, 5.74) is -1.74. The second-order valence-electron chi connectivity index (χ2n) is 7.62. The summed E-state index contributed by atoms with van der Waals surface area (Å²) in [6.45, 7) is -0.884. The molecule has 0 bridgehead atoms. The number of fused-ring (bicyclic) bond motifs is 1. The van der Waals surface area contributed by atoms with E-state index in [0.29, 0.717) is 12.3 Å². The summed E-state index contributed by atoms with van der Waals surface area (Å²) in [7, 11) is 1.49. The molecule has 3 aromatic rings. The minimum Gasteiger partial charge on any atom is -0.450 e. The summed E-state index contributed by atoms with van der Waals surface area (Å²) in [5.74, 6) is -0.550. The molecule has 1 aliphatic rings. The van der Waals surface area contributed by atoms with E-state index in [1.807, 2.05) is 0 Å². The number of halogens is 5. The molecule has 4 N–H and O–H groups in total. The zero-order valence-corrected chi connectivity index (χ0v) is 19.7. The maximum absolute atomic E-state index is 13.4. The predicted octanol–water partition coefficient (Wildman–Crippen LogP) is 3.75. The van der Waals surface area contributed by atoms with Crippen molar-refractivity contribution in [1.82, 2.24) is 24.4 Å². The number of allylic oxidation sites excluding steroid dienone is 4. The zero-order valence-electron chi connectivity index (χ0n) is 18.9. The van der Waals surface area contributed by atoms with Gasteiger partial charge in [-0.25, -0.2) is 9.37 Å². The normalized spacial score (nSPS) is 14.8. The van der Waals surface area contributed by atoms with E-state index >= 15 is 0 Å². The van der Waals surface area contributed by atoms with Crippen molar-refractivity contribution in [3.05, 3.63) is 75.0 Å². The first-order valence-electron chi connectivity index (χ1n) is 10.5. The molecule has 0 radical (unpaired) electrons. The predicted molar refractivity (Wildman–Crippen MR) is 127 cm³/mol. The number of aliphatic hydroxyl groups excluding tert-OH is 1. The number of aryl methyl sites for hydroxylation is 1. The van der Waals surface area contributed by atoms with Crippen LogP contribution in [0.3, 0.4) is 0 Å². The lowest BCUT2D eigenvalue weighted by atomic mass is 10.2. The third-order valence-electron chi connectivity index (χ3n) is 5.20. The Morgan fingerprint density at radius 3 is 2.76 bits per heavy atom. The number of hydrogen-bond donors (Lipinski definition) is 4. The fraction of sp³-hybridized carbons (Fsp3) is 0.182. The summed E-state index contributed by atoms with van der Waals surface area (Å²) < 4.78 is 61.1. The highest BCUT2D eigenvalue weighted by Gasteiger charge is 2.32. The highest BCUT2D eigenvalue weighted by atomic mass is 35.5. The molecular formula is C22H18ClF4N7O3. The first-order chi connectivity index (χ1) is 17.5. The molecule has 0 aromatic carbocycles. The lowest BCUT2D eigenvalue weighted by Crippen LogP contribution is -2.26. The van der Waals surface area contributed by atoms with Crippen LogP contribution >= 0.6 is 11.6 Å². The maximum atomic E-state index is 13.4. The van der Waals surface area contributed by atoms with Gasteiger partial charge in [0.2, 0.25) is 5.95 Å². The van der Waals surface area contributed by atoms with E-state index in [-0.39, 0.29) is 45.9 Å². The van der Waals surface area contributed by atoms with Gasteiger partial charge >= 0.3 is 6.18 Å². The van der Waals surface area contributed by atoms with E-state index in [9.17, 15) is 22.4 Å². The summed E-state index contributed by atoms with van der Waals surface area (Å²) in [6, 6.07) is 0.643. The minimum absolute atomic E-state index is 0.00281. The quantitative estimate of drug-likeness (QED) is 0.204. The number of aliphatic hydroxyl groups is 1. The SMILES string of the molecule is Cn1c(Nc2cc(C(F)(F)F)cn(CCO)c2=O)nc2ncc(O/C(C=N)=C3\C=CC(F)=CN3)c(Cl)c21. The van der Waals surface area contributed by atoms with Gasteiger partial charge in [-0.15, -0.1) is 0 Å². The highest BCUT2D eigenvalue weighted by Crippen LogP contribution is 2.35. The second-order valence-corrected chi connectivity index (χ2v) is 8.00. The summed E-state index contributed by atoms with van der Waals surface area (Å²) >= 11 is 6.51. The number of alkyl halides is 3. The number of rotatable bonds is 7. The molecule has 194 valence electrons. The van der Waals surface area contributed by atoms with E-state index in [1.54, 1.807) is 0 Å². The van der Waals surface area contributed by atoms with Gasteiger partial charge in [0.15, 0.2) is 17.2 Å². The van der Waals surface area contributed by atoms with Crippen molar-refractivity contribution < 1.29 is 27.4 Å². The van der Waals surface area contributed by atoms with Crippen molar-refractivity contribution in [2.45, 2.75) is 12.7 Å². The van der Waals surface area contributed by atoms with E-state index in [0.717, 1.165) is 17.0 Å². The lowest BCUT2D eigenvalue weighted by molar-refractivity contribution is -0.138. The Bertz CT molecular complexity index is 1540. The van der Waals surface area contributed by atoms with Gasteiger partial charge in [-0.3, -0.25) is 4.79 Å². The Labute approximate surface area is 210 Å². The molecule has 10 nitrogen and oxygen atoms in total. The van der Waals surface area contributed by atoms with Gasteiger partial charge in [-0.2, -0.15) is 18.2 Å². The Morgan fingerprint density at radius 2 is 2.14 bits per heavy atom. The van der Waals surface area contributed by atoms with Gasteiger partial charge in [0.1, 0.15) is 22.1 Å². The summed E-state index contributed by atoms with van der Waals surface area (Å²) in [6.07, 6.45) is 1.60. The molecule has 0 aliphatic carbocycles. The van der Waals surface area contributed by atoms with E-state index in [1.165, 1.54) is 30.0 Å². The molecule has 0 amide bonds. The largest absolute Gasteiger partial charge is 0.450 e. The molecule has 0 fully saturated rings. The van der Waals surface area contributed by atoms with Crippen LogP contribution in [0.15, 0.2) is 58.9 Å². The topological polar surface area (TPSA) is 130 Å². The van der Waals surface area contributed by atoms with Crippen LogP contribution < -0.4 is 20.9 Å². The van der Waals surface area contributed by atoms with Crippen molar-refractivity contribution in [2.75, 3.05) is 11.9 Å². The van der Waals surface area contributed by atoms with Crippen LogP contribution in [-0.2, 0) is 19.8 Å². The van der Waals surface area contributed by atoms with Gasteiger partial charge in [-0.1, -0.05) is 11.6 Å². The van der Waals surface area contributed by atoms with Gasteiger partial charge in [0.05, 0.1) is 30.3 Å². The monoisotopic (exact) mass is 539 g/mol. The Balaban J connectivity index is 1.73. The first kappa shape index (κ1) is 25.9. The average Bonchev–Trinajstić information content (AvgIpc) is 3.17. The molecule has 0 saturated carbocycles. The third-order valence-corrected chi connectivity index (χ3v) is 5.56. The smallest absolute Gasteiger partial charge is 0.417 e. The van der Waals surface area contributed by atoms with Crippen molar-refractivity contribution >= 4 is 40.6 Å². The van der Waals surface area contributed by atoms with Crippen LogP contribution in [-0.4, -0.2) is 37.0 Å². The van der Waals surface area contributed by atoms with Crippen LogP contribution in [0, 0.1) is 5.41 Å². The van der Waals surface area contributed by atoms with Crippen LogP contribution in [0.25, 0.3) is 11.2 Å². The zero-order chi connectivity index (χ0) is 26.9. The molecule has 4 rings (SSSR count). The minimum atomic E-state index is -4.74. The fourth-order valence-electron chi connectivity index (χ4n) is 3.41. The van der Waals surface area contributed by atoms with Crippen LogP contribution in [0.1, 0.15) is 5.56 Å². The van der Waals surface area contributed by atoms with E-state index in [4.69, 9.17) is 26.9 Å². The molecule has 3 aromatic heterocycles. The number of imidazole rings is 1.